The molecule has 5 heteroatoms. The number of amides is 1. The van der Waals surface area contributed by atoms with Crippen LogP contribution in [0.2, 0.25) is 0 Å². The number of nitrogens with zero attached hydrogens (tertiary/aromatic N) is 1. The van der Waals surface area contributed by atoms with Crippen molar-refractivity contribution in [1.82, 2.24) is 10.6 Å². The monoisotopic (exact) mass is 213 g/mol. The number of carbonyl (C=O) groups is 1. The third kappa shape index (κ3) is 2.63. The highest BCUT2D eigenvalue weighted by Crippen LogP contribution is 2.10. The fourth-order valence-electron chi connectivity index (χ4n) is 1.37. The van der Waals surface area contributed by atoms with Crippen molar-refractivity contribution >= 4 is 17.7 Å². The number of carbonyl (C=O) groups excluding carboxylic acids is 1. The first-order chi connectivity index (χ1) is 6.69. The van der Waals surface area contributed by atoms with Gasteiger partial charge in [0.15, 0.2) is 0 Å². The van der Waals surface area contributed by atoms with Gasteiger partial charge in [-0.1, -0.05) is 0 Å². The van der Waals surface area contributed by atoms with Gasteiger partial charge in [0, 0.05) is 13.1 Å². The third-order valence-electron chi connectivity index (χ3n) is 2.43. The summed E-state index contributed by atoms with van der Waals surface area (Å²) in [6.07, 6.45) is 1.90. The van der Waals surface area contributed by atoms with E-state index in [1.165, 1.54) is 11.8 Å². The SMILES string of the molecule is CSC(C)C(=O)NC1CNCC1C#N. The molecule has 1 fully saturated rings. The van der Waals surface area contributed by atoms with E-state index in [1.807, 2.05) is 13.2 Å². The molecular weight excluding hydrogens is 198 g/mol. The number of rotatable bonds is 3. The average molecular weight is 213 g/mol. The summed E-state index contributed by atoms with van der Waals surface area (Å²) in [5, 5.41) is 14.7. The fourth-order valence-corrected chi connectivity index (χ4v) is 1.66. The maximum Gasteiger partial charge on any atom is 0.233 e. The molecule has 1 rings (SSSR count). The van der Waals surface area contributed by atoms with E-state index in [-0.39, 0.29) is 23.1 Å². The molecule has 0 aromatic carbocycles. The van der Waals surface area contributed by atoms with Crippen molar-refractivity contribution < 1.29 is 4.79 Å². The van der Waals surface area contributed by atoms with Crippen LogP contribution in [0.15, 0.2) is 0 Å². The molecule has 1 amide bonds. The van der Waals surface area contributed by atoms with Crippen molar-refractivity contribution in [3.8, 4) is 6.07 Å². The molecule has 3 unspecified atom stereocenters. The molecule has 4 nitrogen and oxygen atoms in total. The lowest BCUT2D eigenvalue weighted by molar-refractivity contribution is -0.121. The van der Waals surface area contributed by atoms with Gasteiger partial charge in [0.2, 0.25) is 5.91 Å². The number of nitrogens with one attached hydrogen (secondary N) is 2. The number of thioether (sulfide) groups is 1. The van der Waals surface area contributed by atoms with Crippen LogP contribution in [-0.2, 0) is 4.79 Å². The Morgan fingerprint density at radius 3 is 3.00 bits per heavy atom. The third-order valence-corrected chi connectivity index (χ3v) is 3.35. The normalized spacial score (nSPS) is 28.1. The predicted octanol–water partition coefficient (Wildman–Crippen LogP) is -0.0343. The number of hydrogen-bond donors (Lipinski definition) is 2. The number of nitriles is 1. The molecule has 0 saturated carbocycles. The summed E-state index contributed by atoms with van der Waals surface area (Å²) in [7, 11) is 0. The van der Waals surface area contributed by atoms with Crippen molar-refractivity contribution in [3.63, 3.8) is 0 Å². The highest BCUT2D eigenvalue weighted by Gasteiger charge is 2.29. The zero-order chi connectivity index (χ0) is 10.6. The van der Waals surface area contributed by atoms with E-state index in [9.17, 15) is 4.79 Å². The summed E-state index contributed by atoms with van der Waals surface area (Å²) < 4.78 is 0. The lowest BCUT2D eigenvalue weighted by Crippen LogP contribution is -2.43. The van der Waals surface area contributed by atoms with Gasteiger partial charge in [-0.05, 0) is 13.2 Å². The van der Waals surface area contributed by atoms with E-state index in [2.05, 4.69) is 16.7 Å². The number of hydrogen-bond acceptors (Lipinski definition) is 4. The van der Waals surface area contributed by atoms with Gasteiger partial charge < -0.3 is 10.6 Å². The fraction of sp³-hybridized carbons (Fsp3) is 0.778. The zero-order valence-electron chi connectivity index (χ0n) is 8.41. The Labute approximate surface area is 88.4 Å². The summed E-state index contributed by atoms with van der Waals surface area (Å²) in [5.74, 6) is -0.0699. The first-order valence-corrected chi connectivity index (χ1v) is 5.91. The largest absolute Gasteiger partial charge is 0.350 e. The molecule has 78 valence electrons. The second kappa shape index (κ2) is 5.23. The molecule has 14 heavy (non-hydrogen) atoms. The molecule has 0 aliphatic carbocycles. The van der Waals surface area contributed by atoms with Gasteiger partial charge in [-0.25, -0.2) is 0 Å². The molecular formula is C9H15N3OS. The Bertz CT molecular complexity index is 251. The zero-order valence-corrected chi connectivity index (χ0v) is 9.23. The summed E-state index contributed by atoms with van der Waals surface area (Å²) >= 11 is 1.51. The van der Waals surface area contributed by atoms with Gasteiger partial charge in [-0.15, -0.1) is 0 Å². The smallest absolute Gasteiger partial charge is 0.233 e. The van der Waals surface area contributed by atoms with Crippen LogP contribution < -0.4 is 10.6 Å². The van der Waals surface area contributed by atoms with E-state index < -0.39 is 0 Å². The molecule has 3 atom stereocenters. The van der Waals surface area contributed by atoms with E-state index >= 15 is 0 Å². The van der Waals surface area contributed by atoms with Crippen molar-refractivity contribution in [2.24, 2.45) is 5.92 Å². The van der Waals surface area contributed by atoms with Crippen LogP contribution >= 0.6 is 11.8 Å². The molecule has 0 spiro atoms. The van der Waals surface area contributed by atoms with Gasteiger partial charge in [0.1, 0.15) is 0 Å². The second-order valence-electron chi connectivity index (χ2n) is 3.39. The minimum absolute atomic E-state index is 0.0199. The van der Waals surface area contributed by atoms with Crippen LogP contribution in [0.1, 0.15) is 6.92 Å². The lowest BCUT2D eigenvalue weighted by atomic mass is 10.1. The maximum absolute atomic E-state index is 11.5. The first kappa shape index (κ1) is 11.3. The molecule has 1 saturated heterocycles. The first-order valence-electron chi connectivity index (χ1n) is 4.62. The van der Waals surface area contributed by atoms with Gasteiger partial charge in [-0.3, -0.25) is 4.79 Å². The van der Waals surface area contributed by atoms with Crippen LogP contribution in [0, 0.1) is 17.2 Å². The van der Waals surface area contributed by atoms with Crippen molar-refractivity contribution in [3.05, 3.63) is 0 Å². The van der Waals surface area contributed by atoms with Crippen LogP contribution in [0.5, 0.6) is 0 Å². The molecule has 2 N–H and O–H groups in total. The molecule has 0 aromatic heterocycles. The van der Waals surface area contributed by atoms with E-state index in [0.29, 0.717) is 13.1 Å². The van der Waals surface area contributed by atoms with Crippen LogP contribution in [0.3, 0.4) is 0 Å². The molecule has 0 aromatic rings. The summed E-state index contributed by atoms with van der Waals surface area (Å²) in [6, 6.07) is 2.17. The minimum Gasteiger partial charge on any atom is -0.350 e. The Balaban J connectivity index is 2.44. The second-order valence-corrected chi connectivity index (χ2v) is 4.57. The Hall–Kier alpha value is -0.730. The predicted molar refractivity (Wildman–Crippen MR) is 56.9 cm³/mol. The van der Waals surface area contributed by atoms with E-state index in [0.717, 1.165) is 0 Å². The van der Waals surface area contributed by atoms with Crippen molar-refractivity contribution in [2.45, 2.75) is 18.2 Å². The van der Waals surface area contributed by atoms with Crippen LogP contribution in [0.4, 0.5) is 0 Å². The highest BCUT2D eigenvalue weighted by molar-refractivity contribution is 7.99. The standard InChI is InChI=1S/C9H15N3OS/c1-6(14-2)9(13)12-8-5-11-4-7(8)3-10/h6-8,11H,4-5H2,1-2H3,(H,12,13). The summed E-state index contributed by atoms with van der Waals surface area (Å²) in [5.41, 5.74) is 0. The van der Waals surface area contributed by atoms with Gasteiger partial charge in [0.25, 0.3) is 0 Å². The van der Waals surface area contributed by atoms with Gasteiger partial charge in [-0.2, -0.15) is 17.0 Å². The molecule has 1 aliphatic heterocycles. The Morgan fingerprint density at radius 1 is 1.71 bits per heavy atom. The average Bonchev–Trinajstić information content (AvgIpc) is 2.63. The van der Waals surface area contributed by atoms with E-state index in [1.54, 1.807) is 0 Å². The maximum atomic E-state index is 11.5. The molecule has 0 bridgehead atoms. The van der Waals surface area contributed by atoms with Crippen molar-refractivity contribution in [1.29, 1.82) is 5.26 Å². The topological polar surface area (TPSA) is 64.9 Å². The van der Waals surface area contributed by atoms with Gasteiger partial charge in [0.05, 0.1) is 23.3 Å². The molecule has 0 radical (unpaired) electrons. The summed E-state index contributed by atoms with van der Waals surface area (Å²) in [6.45, 7) is 3.24. The molecule has 1 heterocycles. The Kier molecular flexibility index (Phi) is 4.23. The minimum atomic E-state index is -0.0898. The van der Waals surface area contributed by atoms with Crippen LogP contribution in [0.25, 0.3) is 0 Å². The lowest BCUT2D eigenvalue weighted by Gasteiger charge is -2.16. The van der Waals surface area contributed by atoms with E-state index in [4.69, 9.17) is 5.26 Å². The van der Waals surface area contributed by atoms with Crippen molar-refractivity contribution in [2.75, 3.05) is 19.3 Å². The van der Waals surface area contributed by atoms with Crippen LogP contribution in [-0.4, -0.2) is 36.5 Å². The van der Waals surface area contributed by atoms with Gasteiger partial charge >= 0.3 is 0 Å². The quantitative estimate of drug-likeness (QED) is 0.691. The molecule has 1 aliphatic rings. The highest BCUT2D eigenvalue weighted by atomic mass is 32.2. The Morgan fingerprint density at radius 2 is 2.43 bits per heavy atom. The summed E-state index contributed by atoms with van der Waals surface area (Å²) in [4.78, 5) is 11.5.